The lowest BCUT2D eigenvalue weighted by Crippen LogP contribution is -2.64. The summed E-state index contributed by atoms with van der Waals surface area (Å²) in [6.45, 7) is 73.0. The van der Waals surface area contributed by atoms with Crippen molar-refractivity contribution in [3.8, 4) is 0 Å². The van der Waals surface area contributed by atoms with E-state index in [1.165, 1.54) is 0 Å². The Morgan fingerprint density at radius 1 is 0.297 bits per heavy atom. The van der Waals surface area contributed by atoms with Gasteiger partial charge in [-0.3, -0.25) is 34.0 Å². The number of hydrogen-bond donors (Lipinski definition) is 0. The predicted molar refractivity (Wildman–Crippen MR) is 462 cm³/mol. The van der Waals surface area contributed by atoms with Crippen molar-refractivity contribution < 1.29 is 24.2 Å². The van der Waals surface area contributed by atoms with Crippen molar-refractivity contribution in [3.05, 3.63) is 5.82 Å². The van der Waals surface area contributed by atoms with E-state index in [0.29, 0.717) is 50.4 Å². The Kier molecular flexibility index (Phi) is 33.2. The van der Waals surface area contributed by atoms with Crippen molar-refractivity contribution in [1.29, 1.82) is 0 Å². The second-order valence-electron chi connectivity index (χ2n) is 41.5. The third kappa shape index (κ3) is 23.9. The third-order valence-corrected chi connectivity index (χ3v) is 24.9. The zero-order valence-electron chi connectivity index (χ0n) is 77.8. The van der Waals surface area contributed by atoms with Crippen LogP contribution in [-0.4, -0.2) is 251 Å². The van der Waals surface area contributed by atoms with Gasteiger partial charge in [-0.2, -0.15) is 55.2 Å². The molecule has 111 heavy (non-hydrogen) atoms. The van der Waals surface area contributed by atoms with Crippen LogP contribution in [0.1, 0.15) is 353 Å². The van der Waals surface area contributed by atoms with Crippen molar-refractivity contribution in [3.63, 3.8) is 0 Å². The molecule has 7 heterocycles. The molecule has 5 aliphatic heterocycles. The Labute approximate surface area is 679 Å². The summed E-state index contributed by atoms with van der Waals surface area (Å²) >= 11 is 0. The number of hydroxylamine groups is 10. The Hall–Kier alpha value is -3.46. The van der Waals surface area contributed by atoms with Crippen LogP contribution in [-0.2, 0) is 24.2 Å². The average Bonchev–Trinajstić information content (AvgIpc) is 0.767. The van der Waals surface area contributed by atoms with Crippen molar-refractivity contribution in [2.45, 2.75) is 439 Å². The van der Waals surface area contributed by atoms with Crippen molar-refractivity contribution in [2.75, 3.05) is 119 Å². The van der Waals surface area contributed by atoms with Crippen LogP contribution in [0, 0.1) is 0 Å². The number of aromatic nitrogens is 6. The van der Waals surface area contributed by atoms with Gasteiger partial charge >= 0.3 is 0 Å². The fraction of sp³-hybridized carbons (Fsp3) is 0.932. The molecule has 1 atom stereocenters. The van der Waals surface area contributed by atoms with Crippen molar-refractivity contribution >= 4 is 29.7 Å². The first-order valence-corrected chi connectivity index (χ1v) is 44.4. The van der Waals surface area contributed by atoms with Gasteiger partial charge in [0.15, 0.2) is 5.82 Å². The Morgan fingerprint density at radius 2 is 0.532 bits per heavy atom. The van der Waals surface area contributed by atoms with E-state index < -0.39 is 0 Å². The molecule has 0 saturated carbocycles. The van der Waals surface area contributed by atoms with Crippen LogP contribution in [0.15, 0.2) is 0 Å². The van der Waals surface area contributed by atoms with Gasteiger partial charge in [0.1, 0.15) is 0 Å². The molecule has 0 radical (unpaired) electrons. The zero-order chi connectivity index (χ0) is 82.8. The molecule has 1 unspecified atom stereocenters. The summed E-state index contributed by atoms with van der Waals surface area (Å²) in [5, 5.41) is 11.6. The summed E-state index contributed by atoms with van der Waals surface area (Å²) in [6.07, 6.45) is 22.9. The highest BCUT2D eigenvalue weighted by Crippen LogP contribution is 2.48. The van der Waals surface area contributed by atoms with Gasteiger partial charge in [-0.15, -0.1) is 0 Å². The summed E-state index contributed by atoms with van der Waals surface area (Å²) in [4.78, 5) is 83.7. The SMILES string of the molecule is CCCON1C(C)(C)CC(N(C)c2nc(C(C)N(CCCCCCN(c3nc(N(C)C)nc(N(C)C)n3)C3CC(C)(C)N(OCCC)C(C)(C)C3)C3CC(C)(C)N(OCCC)C(C)(C)C3)nc(N(CCCCCCN(C(C)C)C3CC(C)(C)N(OCCC)C(C)(C)C3)C3CC(C)(C)N(OCCC)C(C)(C)C3)n2)CC1(C)C. The molecule has 5 fully saturated rings. The van der Waals surface area contributed by atoms with Crippen LogP contribution in [0.4, 0.5) is 29.7 Å². The van der Waals surface area contributed by atoms with Crippen LogP contribution < -0.4 is 24.5 Å². The fourth-order valence-corrected chi connectivity index (χ4v) is 21.2. The van der Waals surface area contributed by atoms with E-state index in [9.17, 15) is 0 Å². The highest BCUT2D eigenvalue weighted by Gasteiger charge is 2.54. The number of unbranched alkanes of at least 4 members (excludes halogenated alkanes) is 6. The number of hydrogen-bond acceptors (Lipinski definition) is 23. The van der Waals surface area contributed by atoms with Gasteiger partial charge < -0.3 is 24.5 Å². The Bertz CT molecular complexity index is 3020. The molecule has 0 aliphatic carbocycles. The Morgan fingerprint density at radius 3 is 0.820 bits per heavy atom. The normalized spacial score (nSPS) is 22.9. The average molecular weight is 1560 g/mol. The van der Waals surface area contributed by atoms with Gasteiger partial charge in [-0.25, -0.2) is 0 Å². The standard InChI is InChI=1S/C88H170N18O5/c1-34-51-107-102-79(9,10)56-68(57-80(102,11)12)97(33)76-89-73(90-77(94-76)100(71-62-85(21,22)105(110-54-37-4)86(23,24)63-71)49-45-41-39-43-47-98(66(6)7)69-58-81(13,14)103(108-52-35-2)82(15,16)59-69)67(8)99(70-60-83(17,18)104(109-53-36-3)84(19,20)61-70)48-44-40-42-46-50-101(78-92-74(95(29)30)91-75(93-78)96(31)32)72-64-87(25,26)106(111-55-38-5)88(27,28)65-72/h66-72H,34-65H2,1-33H3. The molecule has 0 aromatic carbocycles. The van der Waals surface area contributed by atoms with E-state index >= 15 is 0 Å². The van der Waals surface area contributed by atoms with Crippen LogP contribution >= 0.6 is 0 Å². The molecule has 0 amide bonds. The van der Waals surface area contributed by atoms with E-state index in [2.05, 4.69) is 251 Å². The number of rotatable bonds is 42. The lowest BCUT2D eigenvalue weighted by Gasteiger charge is -2.56. The van der Waals surface area contributed by atoms with E-state index in [1.807, 2.05) is 38.0 Å². The van der Waals surface area contributed by atoms with E-state index in [-0.39, 0.29) is 85.6 Å². The van der Waals surface area contributed by atoms with Crippen LogP contribution in [0.2, 0.25) is 0 Å². The second kappa shape index (κ2) is 39.0. The van der Waals surface area contributed by atoms with E-state index in [4.69, 9.17) is 54.1 Å². The summed E-state index contributed by atoms with van der Waals surface area (Å²) < 4.78 is 0. The molecular weight excluding hydrogens is 1390 g/mol. The maximum absolute atomic E-state index is 6.78. The molecule has 642 valence electrons. The van der Waals surface area contributed by atoms with Gasteiger partial charge in [0.05, 0.1) is 39.1 Å². The summed E-state index contributed by atoms with van der Waals surface area (Å²) in [5.74, 6) is 4.47. The van der Waals surface area contributed by atoms with Gasteiger partial charge in [0.2, 0.25) is 29.7 Å². The van der Waals surface area contributed by atoms with Gasteiger partial charge in [-0.1, -0.05) is 60.3 Å². The van der Waals surface area contributed by atoms with Crippen LogP contribution in [0.25, 0.3) is 0 Å². The third-order valence-electron chi connectivity index (χ3n) is 24.9. The summed E-state index contributed by atoms with van der Waals surface area (Å²) in [6, 6.07) is 1.43. The fourth-order valence-electron chi connectivity index (χ4n) is 21.2. The minimum atomic E-state index is -0.271. The monoisotopic (exact) mass is 1560 g/mol. The van der Waals surface area contributed by atoms with Crippen molar-refractivity contribution in [1.82, 2.24) is 65.0 Å². The lowest BCUT2D eigenvalue weighted by molar-refractivity contribution is -0.289. The summed E-state index contributed by atoms with van der Waals surface area (Å²) in [7, 11) is 10.4. The maximum atomic E-state index is 6.78. The number of nitrogens with zero attached hydrogens (tertiary/aromatic N) is 18. The largest absolute Gasteiger partial charge is 0.347 e. The van der Waals surface area contributed by atoms with Gasteiger partial charge in [0, 0.05) is 140 Å². The smallest absolute Gasteiger partial charge is 0.232 e. The topological polar surface area (TPSA) is 162 Å². The molecular formula is C88H170N18O5. The predicted octanol–water partition coefficient (Wildman–Crippen LogP) is 17.9. The molecule has 0 bridgehead atoms. The molecule has 2 aromatic rings. The maximum Gasteiger partial charge on any atom is 0.232 e. The summed E-state index contributed by atoms with van der Waals surface area (Å²) in [5.41, 5.74) is -2.15. The minimum absolute atomic E-state index is 0.0713. The first kappa shape index (κ1) is 94.7. The molecule has 5 saturated heterocycles. The molecule has 0 N–H and O–H groups in total. The molecule has 5 aliphatic rings. The van der Waals surface area contributed by atoms with Crippen LogP contribution in [0.3, 0.4) is 0 Å². The van der Waals surface area contributed by atoms with Crippen LogP contribution in [0.5, 0.6) is 0 Å². The molecule has 23 nitrogen and oxygen atoms in total. The van der Waals surface area contributed by atoms with Crippen molar-refractivity contribution in [2.24, 2.45) is 0 Å². The second-order valence-corrected chi connectivity index (χ2v) is 41.5. The number of piperidine rings is 5. The van der Waals surface area contributed by atoms with E-state index in [1.54, 1.807) is 0 Å². The highest BCUT2D eigenvalue weighted by atomic mass is 16.7. The van der Waals surface area contributed by atoms with E-state index in [0.717, 1.165) is 204 Å². The molecule has 2 aromatic heterocycles. The molecule has 0 spiro atoms. The lowest BCUT2D eigenvalue weighted by atomic mass is 9.77. The first-order valence-electron chi connectivity index (χ1n) is 44.4. The quantitative estimate of drug-likeness (QED) is 0.0576. The minimum Gasteiger partial charge on any atom is -0.347 e. The zero-order valence-corrected chi connectivity index (χ0v) is 77.8. The first-order chi connectivity index (χ1) is 51.6. The van der Waals surface area contributed by atoms with Gasteiger partial charge in [-0.05, 0) is 294 Å². The molecule has 7 rings (SSSR count). The number of anilines is 5. The highest BCUT2D eigenvalue weighted by molar-refractivity contribution is 5.47. The van der Waals surface area contributed by atoms with Gasteiger partial charge in [0.25, 0.3) is 0 Å². The molecule has 23 heteroatoms. The Balaban J connectivity index is 1.29.